The van der Waals surface area contributed by atoms with Crippen LogP contribution in [0.1, 0.15) is 43.1 Å². The molecule has 0 aliphatic carbocycles. The van der Waals surface area contributed by atoms with Gasteiger partial charge in [0.1, 0.15) is 5.69 Å². The largest absolute Gasteiger partial charge is 0.493 e. The van der Waals surface area contributed by atoms with Crippen LogP contribution < -0.4 is 14.8 Å². The maximum absolute atomic E-state index is 14.3. The molecule has 5 aromatic carbocycles. The molecule has 0 radical (unpaired) electrons. The van der Waals surface area contributed by atoms with Crippen molar-refractivity contribution in [3.8, 4) is 22.6 Å². The lowest BCUT2D eigenvalue weighted by Crippen LogP contribution is -2.37. The van der Waals surface area contributed by atoms with E-state index in [1.54, 1.807) is 43.4 Å². The van der Waals surface area contributed by atoms with E-state index < -0.39 is 11.7 Å². The fourth-order valence-electron chi connectivity index (χ4n) is 6.55. The number of hydrogen-bond donors (Lipinski definition) is 1. The van der Waals surface area contributed by atoms with E-state index in [4.69, 9.17) is 21.1 Å². The van der Waals surface area contributed by atoms with Gasteiger partial charge in [0.05, 0.1) is 19.8 Å². The number of hydrogen-bond acceptors (Lipinski definition) is 4. The molecule has 7 rings (SSSR count). The van der Waals surface area contributed by atoms with Crippen molar-refractivity contribution in [2.75, 3.05) is 26.1 Å². The predicted octanol–water partition coefficient (Wildman–Crippen LogP) is 9.50. The fourth-order valence-corrected chi connectivity index (χ4v) is 6.67. The first-order valence-corrected chi connectivity index (χ1v) is 16.9. The highest BCUT2D eigenvalue weighted by atomic mass is 35.5. The Kier molecular flexibility index (Phi) is 9.42. The summed E-state index contributed by atoms with van der Waals surface area (Å²) in [6, 6.07) is 30.6. The second-order valence-electron chi connectivity index (χ2n) is 12.6. The molecule has 0 saturated heterocycles. The molecular formula is C41H33ClF3N3O4. The summed E-state index contributed by atoms with van der Waals surface area (Å²) < 4.78 is 52.8. The van der Waals surface area contributed by atoms with Gasteiger partial charge >= 0.3 is 6.18 Å². The zero-order valence-electron chi connectivity index (χ0n) is 28.3. The highest BCUT2D eigenvalue weighted by Gasteiger charge is 2.30. The summed E-state index contributed by atoms with van der Waals surface area (Å²) in [4.78, 5) is 28.8. The van der Waals surface area contributed by atoms with Crippen molar-refractivity contribution in [3.63, 3.8) is 0 Å². The number of halogens is 4. The molecule has 0 bridgehead atoms. The molecule has 52 heavy (non-hydrogen) atoms. The van der Waals surface area contributed by atoms with Crippen LogP contribution in [0.5, 0.6) is 11.5 Å². The van der Waals surface area contributed by atoms with Crippen LogP contribution in [0.3, 0.4) is 0 Å². The minimum atomic E-state index is -4.45. The Balaban J connectivity index is 1.20. The number of anilines is 1. The van der Waals surface area contributed by atoms with Crippen molar-refractivity contribution in [1.82, 2.24) is 9.47 Å². The smallest absolute Gasteiger partial charge is 0.416 e. The first kappa shape index (κ1) is 34.7. The van der Waals surface area contributed by atoms with E-state index in [9.17, 15) is 22.8 Å². The Morgan fingerprint density at radius 1 is 0.788 bits per heavy atom. The third-order valence-corrected chi connectivity index (χ3v) is 9.58. The number of fused-ring (bicyclic) bond motifs is 2. The van der Waals surface area contributed by atoms with Crippen LogP contribution in [0.15, 0.2) is 109 Å². The van der Waals surface area contributed by atoms with Crippen LogP contribution in [0.4, 0.5) is 18.9 Å². The van der Waals surface area contributed by atoms with Gasteiger partial charge in [0, 0.05) is 46.8 Å². The van der Waals surface area contributed by atoms with E-state index in [0.717, 1.165) is 45.3 Å². The predicted molar refractivity (Wildman–Crippen MR) is 195 cm³/mol. The number of aromatic nitrogens is 1. The summed E-state index contributed by atoms with van der Waals surface area (Å²) in [7, 11) is 3.15. The van der Waals surface area contributed by atoms with Crippen molar-refractivity contribution >= 4 is 40.0 Å². The number of ether oxygens (including phenoxy) is 2. The quantitative estimate of drug-likeness (QED) is 0.170. The highest BCUT2D eigenvalue weighted by molar-refractivity contribution is 6.30. The molecule has 1 aliphatic rings. The normalized spacial score (nSPS) is 12.8. The van der Waals surface area contributed by atoms with Gasteiger partial charge in [-0.05, 0) is 113 Å². The summed E-state index contributed by atoms with van der Waals surface area (Å²) >= 11 is 5.95. The van der Waals surface area contributed by atoms with E-state index in [0.29, 0.717) is 58.5 Å². The van der Waals surface area contributed by atoms with Crippen molar-refractivity contribution in [2.45, 2.75) is 25.7 Å². The van der Waals surface area contributed by atoms with Crippen LogP contribution in [0.25, 0.3) is 22.0 Å². The summed E-state index contributed by atoms with van der Waals surface area (Å²) in [5, 5.41) is 4.24. The lowest BCUT2D eigenvalue weighted by Gasteiger charge is -2.30. The fraction of sp³-hybridized carbons (Fsp3) is 0.171. The summed E-state index contributed by atoms with van der Waals surface area (Å²) in [5.41, 5.74) is 6.01. The third-order valence-electron chi connectivity index (χ3n) is 9.33. The minimum absolute atomic E-state index is 0.189. The molecule has 7 nitrogen and oxygen atoms in total. The van der Waals surface area contributed by atoms with Gasteiger partial charge in [-0.15, -0.1) is 0 Å². The van der Waals surface area contributed by atoms with Crippen LogP contribution in [0, 0.1) is 0 Å². The monoisotopic (exact) mass is 723 g/mol. The summed E-state index contributed by atoms with van der Waals surface area (Å²) in [5.74, 6) is 0.765. The molecule has 11 heteroatoms. The summed E-state index contributed by atoms with van der Waals surface area (Å²) in [6.07, 6.45) is -3.82. The Hall–Kier alpha value is -5.74. The SMILES string of the molecule is COc1cc2c(cc1OC)CN(C(=O)c1cc3cc(-c4ccc(NC(=O)c5ccc(Cl)cc5)cc4)ccc3n1Cc1ccc(C(F)(F)F)cc1)CC2. The first-order valence-electron chi connectivity index (χ1n) is 16.5. The van der Waals surface area contributed by atoms with Crippen LogP contribution in [-0.2, 0) is 25.7 Å². The zero-order valence-corrected chi connectivity index (χ0v) is 29.0. The average molecular weight is 724 g/mol. The third kappa shape index (κ3) is 7.07. The minimum Gasteiger partial charge on any atom is -0.493 e. The number of rotatable bonds is 8. The number of nitrogens with zero attached hydrogens (tertiary/aromatic N) is 2. The molecule has 6 aromatic rings. The van der Waals surface area contributed by atoms with Gasteiger partial charge in [0.25, 0.3) is 11.8 Å². The zero-order chi connectivity index (χ0) is 36.6. The molecule has 0 saturated carbocycles. The molecule has 1 aromatic heterocycles. The lowest BCUT2D eigenvalue weighted by atomic mass is 9.98. The molecule has 0 atom stereocenters. The van der Waals surface area contributed by atoms with E-state index >= 15 is 0 Å². The second-order valence-corrected chi connectivity index (χ2v) is 13.0. The maximum Gasteiger partial charge on any atom is 0.416 e. The molecule has 2 heterocycles. The van der Waals surface area contributed by atoms with Gasteiger partial charge < -0.3 is 24.3 Å². The molecule has 2 amide bonds. The Labute approximate surface area is 303 Å². The average Bonchev–Trinajstić information content (AvgIpc) is 3.51. The van der Waals surface area contributed by atoms with Gasteiger partial charge in [-0.25, -0.2) is 0 Å². The van der Waals surface area contributed by atoms with Crippen LogP contribution >= 0.6 is 11.6 Å². The van der Waals surface area contributed by atoms with Crippen LogP contribution in [-0.4, -0.2) is 42.0 Å². The van der Waals surface area contributed by atoms with Gasteiger partial charge in [0.2, 0.25) is 0 Å². The van der Waals surface area contributed by atoms with E-state index in [-0.39, 0.29) is 18.4 Å². The number of carbonyl (C=O) groups is 2. The van der Waals surface area contributed by atoms with Gasteiger partial charge in [-0.3, -0.25) is 9.59 Å². The number of carbonyl (C=O) groups excluding carboxylic acids is 2. The number of amides is 2. The molecule has 0 spiro atoms. The number of nitrogens with one attached hydrogen (secondary N) is 1. The maximum atomic E-state index is 14.3. The Morgan fingerprint density at radius 2 is 1.44 bits per heavy atom. The van der Waals surface area contributed by atoms with Crippen molar-refractivity contribution in [1.29, 1.82) is 0 Å². The standard InChI is InChI=1S/C41H33ClF3N3O4/c1-51-37-21-29-17-18-47(24-31(29)22-38(37)52-2)40(50)36-20-30-19-28(9-16-35(30)48(36)23-25-3-10-32(11-4-25)41(43,44)45)26-7-14-34(15-8-26)46-39(49)27-5-12-33(42)13-6-27/h3-16,19-22H,17-18,23-24H2,1-2H3,(H,46,49). The Bertz CT molecular complexity index is 2280. The van der Waals surface area contributed by atoms with Crippen molar-refractivity contribution in [2.24, 2.45) is 0 Å². The molecule has 0 fully saturated rings. The highest BCUT2D eigenvalue weighted by Crippen LogP contribution is 2.35. The molecule has 264 valence electrons. The molecule has 0 unspecified atom stereocenters. The van der Waals surface area contributed by atoms with E-state index in [1.165, 1.54) is 12.1 Å². The van der Waals surface area contributed by atoms with Crippen molar-refractivity contribution in [3.05, 3.63) is 148 Å². The summed E-state index contributed by atoms with van der Waals surface area (Å²) in [6.45, 7) is 1.04. The number of methoxy groups -OCH3 is 2. The topological polar surface area (TPSA) is 72.8 Å². The second kappa shape index (κ2) is 14.1. The van der Waals surface area contributed by atoms with Crippen molar-refractivity contribution < 1.29 is 32.2 Å². The van der Waals surface area contributed by atoms with Gasteiger partial charge in [-0.2, -0.15) is 13.2 Å². The van der Waals surface area contributed by atoms with Gasteiger partial charge in [-0.1, -0.05) is 41.9 Å². The van der Waals surface area contributed by atoms with E-state index in [2.05, 4.69) is 5.32 Å². The van der Waals surface area contributed by atoms with E-state index in [1.807, 2.05) is 65.2 Å². The Morgan fingerprint density at radius 3 is 2.10 bits per heavy atom. The molecular weight excluding hydrogens is 691 g/mol. The molecule has 1 N–H and O–H groups in total. The number of alkyl halides is 3. The lowest BCUT2D eigenvalue weighted by molar-refractivity contribution is -0.137. The first-order chi connectivity index (χ1) is 25.0. The molecule has 1 aliphatic heterocycles. The van der Waals surface area contributed by atoms with Gasteiger partial charge in [0.15, 0.2) is 11.5 Å². The number of benzene rings is 5. The van der Waals surface area contributed by atoms with Crippen LogP contribution in [0.2, 0.25) is 5.02 Å².